The van der Waals surface area contributed by atoms with Gasteiger partial charge in [-0.2, -0.15) is 0 Å². The van der Waals surface area contributed by atoms with E-state index >= 15 is 0 Å². The largest absolute Gasteiger partial charge is 0.573 e. The Hall–Kier alpha value is -2.65. The fraction of sp³-hybridized carbons (Fsp3) is 0.500. The maximum Gasteiger partial charge on any atom is 0.573 e. The van der Waals surface area contributed by atoms with E-state index in [9.17, 15) is 27.9 Å². The first-order chi connectivity index (χ1) is 11.8. The molecule has 1 aromatic carbocycles. The zero-order valence-electron chi connectivity index (χ0n) is 14.6. The van der Waals surface area contributed by atoms with Gasteiger partial charge in [-0.15, -0.1) is 13.2 Å². The lowest BCUT2D eigenvalue weighted by Gasteiger charge is -2.22. The van der Waals surface area contributed by atoms with Gasteiger partial charge in [-0.1, -0.05) is 6.07 Å². The molecule has 2 N–H and O–H groups in total. The van der Waals surface area contributed by atoms with Gasteiger partial charge in [0.15, 0.2) is 11.5 Å². The topological polar surface area (TPSA) is 94.1 Å². The van der Waals surface area contributed by atoms with Gasteiger partial charge in [0.1, 0.15) is 11.6 Å². The summed E-state index contributed by atoms with van der Waals surface area (Å²) in [5.74, 6) is -2.15. The van der Waals surface area contributed by atoms with E-state index in [1.807, 2.05) is 0 Å². The summed E-state index contributed by atoms with van der Waals surface area (Å²) in [5, 5.41) is 11.4. The number of amides is 1. The molecule has 0 bridgehead atoms. The number of carboxylic acids is 1. The number of alkyl carbamates (subject to hydrolysis) is 1. The van der Waals surface area contributed by atoms with Crippen molar-refractivity contribution in [1.82, 2.24) is 5.32 Å². The molecule has 26 heavy (non-hydrogen) atoms. The van der Waals surface area contributed by atoms with Gasteiger partial charge in [0.25, 0.3) is 0 Å². The van der Waals surface area contributed by atoms with Crippen LogP contribution in [0.5, 0.6) is 11.5 Å². The minimum atomic E-state index is -4.94. The smallest absolute Gasteiger partial charge is 0.493 e. The summed E-state index contributed by atoms with van der Waals surface area (Å²) in [6.07, 6.45) is -6.18. The van der Waals surface area contributed by atoms with Gasteiger partial charge >= 0.3 is 18.4 Å². The van der Waals surface area contributed by atoms with Crippen LogP contribution in [-0.2, 0) is 16.0 Å². The number of carbonyl (C=O) groups is 2. The predicted molar refractivity (Wildman–Crippen MR) is 84.2 cm³/mol. The molecule has 7 nitrogen and oxygen atoms in total. The van der Waals surface area contributed by atoms with Crippen molar-refractivity contribution in [2.24, 2.45) is 0 Å². The van der Waals surface area contributed by atoms with E-state index < -0.39 is 35.8 Å². The molecule has 0 saturated heterocycles. The molecule has 0 aliphatic rings. The van der Waals surface area contributed by atoms with Gasteiger partial charge in [-0.05, 0) is 38.5 Å². The van der Waals surface area contributed by atoms with Crippen LogP contribution in [-0.4, -0.2) is 42.3 Å². The van der Waals surface area contributed by atoms with Crippen molar-refractivity contribution in [2.75, 3.05) is 7.11 Å². The summed E-state index contributed by atoms with van der Waals surface area (Å²) in [5.41, 5.74) is -0.644. The third-order valence-corrected chi connectivity index (χ3v) is 2.88. The van der Waals surface area contributed by atoms with Gasteiger partial charge < -0.3 is 24.6 Å². The van der Waals surface area contributed by atoms with Gasteiger partial charge in [0.2, 0.25) is 0 Å². The summed E-state index contributed by atoms with van der Waals surface area (Å²) in [7, 11) is 1.17. The third kappa shape index (κ3) is 7.49. The molecule has 146 valence electrons. The molecule has 1 amide bonds. The normalized spacial score (nSPS) is 12.9. The summed E-state index contributed by atoms with van der Waals surface area (Å²) in [4.78, 5) is 23.1. The lowest BCUT2D eigenvalue weighted by Crippen LogP contribution is -2.44. The van der Waals surface area contributed by atoms with Crippen LogP contribution in [0, 0.1) is 0 Å². The van der Waals surface area contributed by atoms with E-state index in [-0.39, 0.29) is 17.7 Å². The van der Waals surface area contributed by atoms with Crippen LogP contribution in [0.4, 0.5) is 18.0 Å². The van der Waals surface area contributed by atoms with Gasteiger partial charge in [-0.3, -0.25) is 0 Å². The highest BCUT2D eigenvalue weighted by Gasteiger charge is 2.33. The van der Waals surface area contributed by atoms with Crippen LogP contribution in [0.25, 0.3) is 0 Å². The minimum absolute atomic E-state index is 0.168. The Morgan fingerprint density at radius 3 is 2.27 bits per heavy atom. The molecule has 0 fully saturated rings. The van der Waals surface area contributed by atoms with E-state index in [1.54, 1.807) is 20.8 Å². The van der Waals surface area contributed by atoms with Crippen LogP contribution in [0.15, 0.2) is 18.2 Å². The van der Waals surface area contributed by atoms with E-state index in [2.05, 4.69) is 10.1 Å². The SMILES string of the molecule is COc1ccc(CC(NC(=O)OC(C)(C)C)C(=O)O)cc1OC(F)(F)F. The van der Waals surface area contributed by atoms with Crippen molar-refractivity contribution in [3.63, 3.8) is 0 Å². The number of hydrogen-bond donors (Lipinski definition) is 2. The van der Waals surface area contributed by atoms with Crippen molar-refractivity contribution >= 4 is 12.1 Å². The number of alkyl halides is 3. The summed E-state index contributed by atoms with van der Waals surface area (Å²) in [6, 6.07) is 2.17. The fourth-order valence-corrected chi connectivity index (χ4v) is 1.94. The van der Waals surface area contributed by atoms with E-state index in [0.29, 0.717) is 0 Å². The van der Waals surface area contributed by atoms with Gasteiger partial charge in [0, 0.05) is 6.42 Å². The van der Waals surface area contributed by atoms with Crippen LogP contribution >= 0.6 is 0 Å². The lowest BCUT2D eigenvalue weighted by atomic mass is 10.1. The molecule has 0 aromatic heterocycles. The van der Waals surface area contributed by atoms with Gasteiger partial charge in [-0.25, -0.2) is 9.59 Å². The minimum Gasteiger partial charge on any atom is -0.493 e. The highest BCUT2D eigenvalue weighted by molar-refractivity contribution is 5.80. The monoisotopic (exact) mass is 379 g/mol. The average molecular weight is 379 g/mol. The molecule has 0 heterocycles. The number of halogens is 3. The quantitative estimate of drug-likeness (QED) is 0.789. The summed E-state index contributed by atoms with van der Waals surface area (Å²) < 4.78 is 51.0. The first kappa shape index (κ1) is 21.4. The highest BCUT2D eigenvalue weighted by Crippen LogP contribution is 2.33. The van der Waals surface area contributed by atoms with Crippen molar-refractivity contribution in [1.29, 1.82) is 0 Å². The Bertz CT molecular complexity index is 654. The Labute approximate surface area is 148 Å². The number of benzene rings is 1. The van der Waals surface area contributed by atoms with Crippen molar-refractivity contribution in [3.8, 4) is 11.5 Å². The van der Waals surface area contributed by atoms with Crippen molar-refractivity contribution < 1.29 is 42.1 Å². The number of methoxy groups -OCH3 is 1. The Morgan fingerprint density at radius 2 is 1.81 bits per heavy atom. The number of aliphatic carboxylic acids is 1. The molecule has 0 radical (unpaired) electrons. The molecular weight excluding hydrogens is 359 g/mol. The molecule has 1 atom stereocenters. The number of hydrogen-bond acceptors (Lipinski definition) is 5. The first-order valence-corrected chi connectivity index (χ1v) is 7.45. The molecule has 0 aliphatic heterocycles. The average Bonchev–Trinajstić information content (AvgIpc) is 2.43. The molecule has 1 unspecified atom stereocenters. The maximum absolute atomic E-state index is 12.5. The lowest BCUT2D eigenvalue weighted by molar-refractivity contribution is -0.275. The fourth-order valence-electron chi connectivity index (χ4n) is 1.94. The molecule has 0 aliphatic carbocycles. The number of ether oxygens (including phenoxy) is 3. The zero-order chi connectivity index (χ0) is 20.1. The zero-order valence-corrected chi connectivity index (χ0v) is 14.6. The van der Waals surface area contributed by atoms with E-state index in [4.69, 9.17) is 9.47 Å². The van der Waals surface area contributed by atoms with E-state index in [0.717, 1.165) is 6.07 Å². The maximum atomic E-state index is 12.5. The van der Waals surface area contributed by atoms with E-state index in [1.165, 1.54) is 19.2 Å². The number of rotatable bonds is 6. The molecule has 0 saturated carbocycles. The third-order valence-electron chi connectivity index (χ3n) is 2.88. The molecule has 10 heteroatoms. The first-order valence-electron chi connectivity index (χ1n) is 7.45. The van der Waals surface area contributed by atoms with Crippen molar-refractivity contribution in [2.45, 2.75) is 45.2 Å². The summed E-state index contributed by atoms with van der Waals surface area (Å²) >= 11 is 0. The molecule has 0 spiro atoms. The van der Waals surface area contributed by atoms with Crippen LogP contribution in [0.2, 0.25) is 0 Å². The second kappa shape index (κ2) is 8.15. The Morgan fingerprint density at radius 1 is 1.19 bits per heavy atom. The Kier molecular flexibility index (Phi) is 6.71. The number of carboxylic acid groups (broad SMARTS) is 1. The second-order valence-electron chi connectivity index (χ2n) is 6.27. The second-order valence-corrected chi connectivity index (χ2v) is 6.27. The highest BCUT2D eigenvalue weighted by atomic mass is 19.4. The number of nitrogens with one attached hydrogen (secondary N) is 1. The Balaban J connectivity index is 2.96. The van der Waals surface area contributed by atoms with Crippen molar-refractivity contribution in [3.05, 3.63) is 23.8 Å². The van der Waals surface area contributed by atoms with Crippen LogP contribution < -0.4 is 14.8 Å². The molecular formula is C16H20F3NO6. The van der Waals surface area contributed by atoms with Crippen LogP contribution in [0.1, 0.15) is 26.3 Å². The van der Waals surface area contributed by atoms with Gasteiger partial charge in [0.05, 0.1) is 7.11 Å². The van der Waals surface area contributed by atoms with Crippen LogP contribution in [0.3, 0.4) is 0 Å². The predicted octanol–water partition coefficient (Wildman–Crippen LogP) is 3.11. The number of carbonyl (C=O) groups excluding carboxylic acids is 1. The standard InChI is InChI=1S/C16H20F3NO6/c1-15(2,3)26-14(23)20-10(13(21)22)7-9-5-6-11(24-4)12(8-9)25-16(17,18)19/h5-6,8,10H,7H2,1-4H3,(H,20,23)(H,21,22). The molecule has 1 rings (SSSR count). The molecule has 1 aromatic rings. The summed E-state index contributed by atoms with van der Waals surface area (Å²) in [6.45, 7) is 4.81.